The van der Waals surface area contributed by atoms with Gasteiger partial charge in [-0.25, -0.2) is 0 Å². The number of aryl methyl sites for hydroxylation is 1. The lowest BCUT2D eigenvalue weighted by atomic mass is 10.1. The van der Waals surface area contributed by atoms with E-state index < -0.39 is 0 Å². The molecule has 1 rings (SSSR count). The molecule has 0 aliphatic carbocycles. The zero-order chi connectivity index (χ0) is 13.5. The number of carbonyl (C=O) groups is 1. The first-order valence-corrected chi connectivity index (χ1v) is 5.91. The summed E-state index contributed by atoms with van der Waals surface area (Å²) in [7, 11) is 0. The number of rotatable bonds is 4. The van der Waals surface area contributed by atoms with E-state index in [2.05, 4.69) is 5.32 Å². The lowest BCUT2D eigenvalue weighted by molar-refractivity contribution is -0.119. The highest BCUT2D eigenvalue weighted by Crippen LogP contribution is 2.23. The van der Waals surface area contributed by atoms with Gasteiger partial charge in [0.2, 0.25) is 5.91 Å². The molecule has 3 N–H and O–H groups in total. The summed E-state index contributed by atoms with van der Waals surface area (Å²) in [5.74, 6) is -0.197. The van der Waals surface area contributed by atoms with E-state index in [1.807, 2.05) is 0 Å². The summed E-state index contributed by atoms with van der Waals surface area (Å²) in [4.78, 5) is 11.5. The van der Waals surface area contributed by atoms with Crippen molar-refractivity contribution in [2.45, 2.75) is 19.8 Å². The normalized spacial score (nSPS) is 9.83. The first-order chi connectivity index (χ1) is 8.52. The van der Waals surface area contributed by atoms with Gasteiger partial charge in [0.15, 0.2) is 0 Å². The number of phenolic OH excluding ortho intramolecular Hbond substituents is 2. The van der Waals surface area contributed by atoms with Crippen molar-refractivity contribution >= 4 is 23.3 Å². The first kappa shape index (κ1) is 14.2. The van der Waals surface area contributed by atoms with Crippen LogP contribution in [-0.4, -0.2) is 27.9 Å². The lowest BCUT2D eigenvalue weighted by Gasteiger charge is -2.07. The molecule has 0 unspecified atom stereocenters. The van der Waals surface area contributed by atoms with Gasteiger partial charge in [-0.05, 0) is 49.3 Å². The monoisotopic (exact) mass is 269 g/mol. The van der Waals surface area contributed by atoms with Crippen molar-refractivity contribution in [3.8, 4) is 11.5 Å². The van der Waals surface area contributed by atoms with Crippen molar-refractivity contribution in [2.75, 3.05) is 6.61 Å². The van der Waals surface area contributed by atoms with Crippen LogP contribution in [0.5, 0.6) is 11.5 Å². The second-order valence-corrected chi connectivity index (χ2v) is 3.95. The van der Waals surface area contributed by atoms with Crippen molar-refractivity contribution in [1.29, 1.82) is 0 Å². The van der Waals surface area contributed by atoms with Gasteiger partial charge in [-0.2, -0.15) is 0 Å². The minimum atomic E-state index is -0.295. The van der Waals surface area contributed by atoms with E-state index in [1.165, 1.54) is 18.2 Å². The molecule has 0 aliphatic rings. The number of benzene rings is 1. The van der Waals surface area contributed by atoms with E-state index in [0.29, 0.717) is 18.6 Å². The molecule has 0 fully saturated rings. The first-order valence-electron chi connectivity index (χ1n) is 5.50. The van der Waals surface area contributed by atoms with Crippen LogP contribution in [0.2, 0.25) is 0 Å². The summed E-state index contributed by atoms with van der Waals surface area (Å²) in [6, 6.07) is 4.18. The number of aromatic hydroxyl groups is 2. The van der Waals surface area contributed by atoms with Gasteiger partial charge in [-0.1, -0.05) is 0 Å². The molecular weight excluding hydrogens is 254 g/mol. The molecule has 98 valence electrons. The summed E-state index contributed by atoms with van der Waals surface area (Å²) in [5.41, 5.74) is 0.507. The number of hydrogen-bond donors (Lipinski definition) is 3. The highest BCUT2D eigenvalue weighted by molar-refractivity contribution is 7.80. The Morgan fingerprint density at radius 2 is 2.17 bits per heavy atom. The number of hydrogen-bond acceptors (Lipinski definition) is 5. The van der Waals surface area contributed by atoms with Crippen LogP contribution < -0.4 is 5.32 Å². The molecule has 0 bridgehead atoms. The van der Waals surface area contributed by atoms with Crippen LogP contribution in [0, 0.1) is 0 Å². The summed E-state index contributed by atoms with van der Waals surface area (Å²) in [5, 5.41) is 21.2. The quantitative estimate of drug-likeness (QED) is 0.570. The third-order valence-electron chi connectivity index (χ3n) is 2.20. The molecule has 0 radical (unpaired) electrons. The largest absolute Gasteiger partial charge is 0.508 e. The fourth-order valence-corrected chi connectivity index (χ4v) is 1.60. The van der Waals surface area contributed by atoms with Gasteiger partial charge in [-0.15, -0.1) is 0 Å². The van der Waals surface area contributed by atoms with E-state index in [0.717, 1.165) is 0 Å². The van der Waals surface area contributed by atoms with E-state index >= 15 is 0 Å². The van der Waals surface area contributed by atoms with Crippen molar-refractivity contribution in [3.05, 3.63) is 23.8 Å². The Balaban J connectivity index is 2.47. The van der Waals surface area contributed by atoms with Gasteiger partial charge in [0, 0.05) is 6.42 Å². The van der Waals surface area contributed by atoms with Crippen LogP contribution in [0.25, 0.3) is 0 Å². The molecule has 0 atom stereocenters. The molecule has 1 aromatic carbocycles. The fraction of sp³-hybridized carbons (Fsp3) is 0.333. The number of ether oxygens (including phenoxy) is 1. The van der Waals surface area contributed by atoms with E-state index in [9.17, 15) is 15.0 Å². The van der Waals surface area contributed by atoms with Gasteiger partial charge < -0.3 is 14.9 Å². The van der Waals surface area contributed by atoms with Crippen molar-refractivity contribution < 1.29 is 19.7 Å². The number of nitrogens with one attached hydrogen (secondary N) is 1. The molecule has 0 spiro atoms. The minimum Gasteiger partial charge on any atom is -0.508 e. The Labute approximate surface area is 110 Å². The molecular formula is C12H15NO4S. The Kier molecular flexibility index (Phi) is 5.38. The smallest absolute Gasteiger partial charge is 0.263 e. The van der Waals surface area contributed by atoms with Gasteiger partial charge in [0.05, 0.1) is 6.61 Å². The molecule has 0 heterocycles. The van der Waals surface area contributed by atoms with Crippen molar-refractivity contribution in [2.24, 2.45) is 0 Å². The summed E-state index contributed by atoms with van der Waals surface area (Å²) < 4.78 is 4.92. The van der Waals surface area contributed by atoms with E-state index in [1.54, 1.807) is 6.92 Å². The maximum Gasteiger partial charge on any atom is 0.263 e. The molecule has 0 aliphatic heterocycles. The predicted octanol–water partition coefficient (Wildman–Crippen LogP) is 1.47. The third-order valence-corrected chi connectivity index (χ3v) is 2.42. The average Bonchev–Trinajstić information content (AvgIpc) is 2.30. The minimum absolute atomic E-state index is 0.0441. The Hall–Kier alpha value is -1.82. The summed E-state index contributed by atoms with van der Waals surface area (Å²) in [6.07, 6.45) is 0.449. The predicted molar refractivity (Wildman–Crippen MR) is 70.5 cm³/mol. The molecule has 0 saturated heterocycles. The van der Waals surface area contributed by atoms with E-state index in [-0.39, 0.29) is 29.0 Å². The summed E-state index contributed by atoms with van der Waals surface area (Å²) in [6.45, 7) is 2.16. The second-order valence-electron chi connectivity index (χ2n) is 3.58. The maximum absolute atomic E-state index is 11.5. The third kappa shape index (κ3) is 4.58. The van der Waals surface area contributed by atoms with Crippen LogP contribution in [0.1, 0.15) is 18.9 Å². The number of phenols is 2. The highest BCUT2D eigenvalue weighted by atomic mass is 32.1. The number of thiocarbonyl (C=S) groups is 1. The van der Waals surface area contributed by atoms with Crippen molar-refractivity contribution in [1.82, 2.24) is 5.32 Å². The SMILES string of the molecule is CCOC(=S)NC(=O)CCc1cc(O)ccc1O. The molecule has 1 aromatic rings. The van der Waals surface area contributed by atoms with Crippen LogP contribution >= 0.6 is 12.2 Å². The van der Waals surface area contributed by atoms with Gasteiger partial charge in [0.1, 0.15) is 11.5 Å². The van der Waals surface area contributed by atoms with Crippen molar-refractivity contribution in [3.63, 3.8) is 0 Å². The molecule has 1 amide bonds. The molecule has 18 heavy (non-hydrogen) atoms. The van der Waals surface area contributed by atoms with Crippen LogP contribution in [-0.2, 0) is 16.0 Å². The molecule has 0 saturated carbocycles. The zero-order valence-corrected chi connectivity index (χ0v) is 10.8. The maximum atomic E-state index is 11.5. The number of amides is 1. The molecule has 5 nitrogen and oxygen atoms in total. The molecule has 0 aromatic heterocycles. The van der Waals surface area contributed by atoms with Crippen LogP contribution in [0.15, 0.2) is 18.2 Å². The standard InChI is InChI=1S/C12H15NO4S/c1-2-17-12(18)13-11(16)6-3-8-7-9(14)4-5-10(8)15/h4-5,7,14-15H,2-3,6H2,1H3,(H,13,16,18). The van der Waals surface area contributed by atoms with Gasteiger partial charge in [0.25, 0.3) is 5.17 Å². The Bertz CT molecular complexity index is 448. The summed E-state index contributed by atoms with van der Waals surface area (Å²) >= 11 is 4.76. The fourth-order valence-electron chi connectivity index (χ4n) is 1.36. The Morgan fingerprint density at radius 1 is 1.44 bits per heavy atom. The topological polar surface area (TPSA) is 78.8 Å². The van der Waals surface area contributed by atoms with Gasteiger partial charge >= 0.3 is 0 Å². The average molecular weight is 269 g/mol. The highest BCUT2D eigenvalue weighted by Gasteiger charge is 2.08. The van der Waals surface area contributed by atoms with E-state index in [4.69, 9.17) is 17.0 Å². The second kappa shape index (κ2) is 6.80. The van der Waals surface area contributed by atoms with Gasteiger partial charge in [-0.3, -0.25) is 10.1 Å². The van der Waals surface area contributed by atoms with Crippen LogP contribution in [0.4, 0.5) is 0 Å². The lowest BCUT2D eigenvalue weighted by Crippen LogP contribution is -2.30. The molecule has 6 heteroatoms. The Morgan fingerprint density at radius 3 is 2.83 bits per heavy atom. The zero-order valence-electron chi connectivity index (χ0n) is 9.97. The number of carbonyl (C=O) groups excluding carboxylic acids is 1. The van der Waals surface area contributed by atoms with Crippen LogP contribution in [0.3, 0.4) is 0 Å².